The van der Waals surface area contributed by atoms with Crippen LogP contribution in [-0.2, 0) is 7.05 Å². The maximum absolute atomic E-state index is 10.8. The highest BCUT2D eigenvalue weighted by atomic mass is 16.1. The number of aliphatic imine (C=N–C) groups is 1. The molecule has 0 aliphatic heterocycles. The Morgan fingerprint density at radius 3 is 3.00 bits per heavy atom. The summed E-state index contributed by atoms with van der Waals surface area (Å²) in [6.45, 7) is 1.76. The van der Waals surface area contributed by atoms with Crippen LogP contribution in [0.4, 0.5) is 5.82 Å². The molecule has 0 bridgehead atoms. The lowest BCUT2D eigenvalue weighted by Crippen LogP contribution is -2.11. The predicted octanol–water partition coefficient (Wildman–Crippen LogP) is 0.241. The molecule has 0 aromatic carbocycles. The van der Waals surface area contributed by atoms with Crippen molar-refractivity contribution in [1.29, 1.82) is 0 Å². The van der Waals surface area contributed by atoms with E-state index < -0.39 is 5.91 Å². The Kier molecular flexibility index (Phi) is 2.23. The lowest BCUT2D eigenvalue weighted by Gasteiger charge is -1.95. The first kappa shape index (κ1) is 8.45. The zero-order chi connectivity index (χ0) is 9.14. The minimum Gasteiger partial charge on any atom is -0.364 e. The standard InChI is InChI=1S/C7H10N4O/c1-3-9-7-5(6(8)12)10-4-11(7)2/h3-4H,1-2H3,(H2,8,12)/b9-3-. The molecule has 1 rings (SSSR count). The summed E-state index contributed by atoms with van der Waals surface area (Å²) in [5.41, 5.74) is 5.27. The third kappa shape index (κ3) is 1.34. The van der Waals surface area contributed by atoms with Crippen molar-refractivity contribution >= 4 is 17.9 Å². The van der Waals surface area contributed by atoms with E-state index in [9.17, 15) is 4.79 Å². The molecular weight excluding hydrogens is 156 g/mol. The highest BCUT2D eigenvalue weighted by Crippen LogP contribution is 2.14. The highest BCUT2D eigenvalue weighted by molar-refractivity contribution is 5.95. The van der Waals surface area contributed by atoms with Gasteiger partial charge in [0.15, 0.2) is 11.5 Å². The molecule has 0 aliphatic rings. The van der Waals surface area contributed by atoms with Crippen LogP contribution in [0.15, 0.2) is 11.3 Å². The number of primary amides is 1. The first-order valence-electron chi connectivity index (χ1n) is 3.46. The van der Waals surface area contributed by atoms with Gasteiger partial charge in [-0.05, 0) is 6.92 Å². The van der Waals surface area contributed by atoms with E-state index in [4.69, 9.17) is 5.73 Å². The summed E-state index contributed by atoms with van der Waals surface area (Å²) >= 11 is 0. The summed E-state index contributed by atoms with van der Waals surface area (Å²) in [4.78, 5) is 18.6. The quantitative estimate of drug-likeness (QED) is 0.639. The second-order valence-electron chi connectivity index (χ2n) is 2.28. The third-order valence-electron chi connectivity index (χ3n) is 1.39. The first-order chi connectivity index (χ1) is 5.66. The van der Waals surface area contributed by atoms with E-state index in [0.717, 1.165) is 0 Å². The van der Waals surface area contributed by atoms with Gasteiger partial charge in [-0.2, -0.15) is 0 Å². The van der Waals surface area contributed by atoms with Crippen LogP contribution in [0.5, 0.6) is 0 Å². The van der Waals surface area contributed by atoms with Gasteiger partial charge in [0.1, 0.15) is 0 Å². The Bertz CT molecular complexity index is 326. The number of rotatable bonds is 2. The van der Waals surface area contributed by atoms with Crippen LogP contribution in [0, 0.1) is 0 Å². The van der Waals surface area contributed by atoms with Crippen molar-refractivity contribution in [1.82, 2.24) is 9.55 Å². The van der Waals surface area contributed by atoms with Crippen molar-refractivity contribution < 1.29 is 4.79 Å². The van der Waals surface area contributed by atoms with E-state index in [1.165, 1.54) is 6.33 Å². The van der Waals surface area contributed by atoms with E-state index in [0.29, 0.717) is 5.82 Å². The number of aromatic nitrogens is 2. The van der Waals surface area contributed by atoms with Crippen molar-refractivity contribution in [3.05, 3.63) is 12.0 Å². The average molecular weight is 166 g/mol. The number of imidazole rings is 1. The van der Waals surface area contributed by atoms with E-state index >= 15 is 0 Å². The highest BCUT2D eigenvalue weighted by Gasteiger charge is 2.11. The molecule has 1 amide bonds. The third-order valence-corrected chi connectivity index (χ3v) is 1.39. The van der Waals surface area contributed by atoms with Crippen LogP contribution in [0.25, 0.3) is 0 Å². The second-order valence-corrected chi connectivity index (χ2v) is 2.28. The lowest BCUT2D eigenvalue weighted by molar-refractivity contribution is 0.0996. The molecule has 5 heteroatoms. The Balaban J connectivity index is 3.21. The number of amides is 1. The molecule has 0 atom stereocenters. The molecule has 1 aromatic rings. The minimum atomic E-state index is -0.559. The summed E-state index contributed by atoms with van der Waals surface area (Å²) in [5, 5.41) is 0. The summed E-state index contributed by atoms with van der Waals surface area (Å²) in [6, 6.07) is 0. The van der Waals surface area contributed by atoms with Gasteiger partial charge in [-0.1, -0.05) is 0 Å². The largest absolute Gasteiger partial charge is 0.364 e. The van der Waals surface area contributed by atoms with Gasteiger partial charge in [-0.25, -0.2) is 9.98 Å². The maximum Gasteiger partial charge on any atom is 0.271 e. The predicted molar refractivity (Wildman–Crippen MR) is 45.6 cm³/mol. The van der Waals surface area contributed by atoms with Gasteiger partial charge in [0.25, 0.3) is 5.91 Å². The molecule has 2 N–H and O–H groups in total. The fourth-order valence-electron chi connectivity index (χ4n) is 0.872. The molecule has 0 fully saturated rings. The van der Waals surface area contributed by atoms with Crippen LogP contribution < -0.4 is 5.73 Å². The average Bonchev–Trinajstić information content (AvgIpc) is 2.34. The van der Waals surface area contributed by atoms with Crippen LogP contribution in [0.2, 0.25) is 0 Å². The van der Waals surface area contributed by atoms with E-state index in [1.54, 1.807) is 24.8 Å². The fourth-order valence-corrected chi connectivity index (χ4v) is 0.872. The normalized spacial score (nSPS) is 10.8. The molecule has 0 aliphatic carbocycles. The maximum atomic E-state index is 10.8. The Morgan fingerprint density at radius 2 is 2.50 bits per heavy atom. The number of aryl methyl sites for hydroxylation is 1. The van der Waals surface area contributed by atoms with E-state index in [1.807, 2.05) is 0 Å². The van der Waals surface area contributed by atoms with E-state index in [-0.39, 0.29) is 5.69 Å². The number of hydrogen-bond donors (Lipinski definition) is 1. The van der Waals surface area contributed by atoms with E-state index in [2.05, 4.69) is 9.98 Å². The molecule has 5 nitrogen and oxygen atoms in total. The van der Waals surface area contributed by atoms with Crippen molar-refractivity contribution in [3.8, 4) is 0 Å². The smallest absolute Gasteiger partial charge is 0.271 e. The van der Waals surface area contributed by atoms with Crippen LogP contribution >= 0.6 is 0 Å². The summed E-state index contributed by atoms with van der Waals surface area (Å²) in [7, 11) is 1.75. The van der Waals surface area contributed by atoms with Crippen molar-refractivity contribution in [2.75, 3.05) is 0 Å². The number of nitrogens with two attached hydrogens (primary N) is 1. The van der Waals surface area contributed by atoms with Crippen molar-refractivity contribution in [2.45, 2.75) is 6.92 Å². The zero-order valence-electron chi connectivity index (χ0n) is 6.98. The van der Waals surface area contributed by atoms with Gasteiger partial charge in [0.2, 0.25) is 0 Å². The molecule has 0 saturated heterocycles. The van der Waals surface area contributed by atoms with Crippen molar-refractivity contribution in [3.63, 3.8) is 0 Å². The Morgan fingerprint density at radius 1 is 1.83 bits per heavy atom. The molecule has 0 saturated carbocycles. The van der Waals surface area contributed by atoms with Crippen LogP contribution in [0.1, 0.15) is 17.4 Å². The topological polar surface area (TPSA) is 73.3 Å². The molecule has 1 aromatic heterocycles. The van der Waals surface area contributed by atoms with Crippen molar-refractivity contribution in [2.24, 2.45) is 17.8 Å². The molecule has 0 radical (unpaired) electrons. The van der Waals surface area contributed by atoms with Gasteiger partial charge < -0.3 is 10.3 Å². The number of nitrogens with zero attached hydrogens (tertiary/aromatic N) is 3. The second kappa shape index (κ2) is 3.17. The zero-order valence-corrected chi connectivity index (χ0v) is 6.98. The number of carbonyl (C=O) groups excluding carboxylic acids is 1. The molecular formula is C7H10N4O. The van der Waals surface area contributed by atoms with Gasteiger partial charge in [-0.3, -0.25) is 4.79 Å². The fraction of sp³-hybridized carbons (Fsp3) is 0.286. The molecule has 0 unspecified atom stereocenters. The molecule has 0 spiro atoms. The summed E-state index contributed by atoms with van der Waals surface area (Å²) in [6.07, 6.45) is 3.09. The van der Waals surface area contributed by atoms with Crippen LogP contribution in [0.3, 0.4) is 0 Å². The summed E-state index contributed by atoms with van der Waals surface area (Å²) in [5.74, 6) is -0.0683. The van der Waals surface area contributed by atoms with Gasteiger partial charge in [0.05, 0.1) is 6.33 Å². The number of hydrogen-bond acceptors (Lipinski definition) is 3. The van der Waals surface area contributed by atoms with Crippen LogP contribution in [-0.4, -0.2) is 21.7 Å². The van der Waals surface area contributed by atoms with Gasteiger partial charge >= 0.3 is 0 Å². The first-order valence-corrected chi connectivity index (χ1v) is 3.46. The van der Waals surface area contributed by atoms with Gasteiger partial charge in [-0.15, -0.1) is 0 Å². The Hall–Kier alpha value is -1.65. The molecule has 1 heterocycles. The monoisotopic (exact) mass is 166 g/mol. The SMILES string of the molecule is C/C=N\c1c(C(N)=O)ncn1C. The minimum absolute atomic E-state index is 0.204. The molecule has 64 valence electrons. The molecule has 12 heavy (non-hydrogen) atoms. The Labute approximate surface area is 69.9 Å². The lowest BCUT2D eigenvalue weighted by atomic mass is 10.4. The number of carbonyl (C=O) groups is 1. The van der Waals surface area contributed by atoms with Gasteiger partial charge in [0, 0.05) is 13.3 Å². The summed E-state index contributed by atoms with van der Waals surface area (Å²) < 4.78 is 1.64.